The van der Waals surface area contributed by atoms with Crippen LogP contribution in [0.15, 0.2) is 0 Å². The molecule has 2 N–H and O–H groups in total. The fourth-order valence-electron chi connectivity index (χ4n) is 1.68. The van der Waals surface area contributed by atoms with E-state index in [0.29, 0.717) is 13.1 Å². The minimum Gasteiger partial charge on any atom is -0.444 e. The summed E-state index contributed by atoms with van der Waals surface area (Å²) in [6.45, 7) is 9.64. The molecule has 4 heteroatoms. The van der Waals surface area contributed by atoms with Crippen molar-refractivity contribution in [2.75, 3.05) is 19.6 Å². The van der Waals surface area contributed by atoms with E-state index in [2.05, 4.69) is 6.92 Å². The largest absolute Gasteiger partial charge is 0.444 e. The summed E-state index contributed by atoms with van der Waals surface area (Å²) in [5.74, 6) is 0. The highest BCUT2D eigenvalue weighted by Crippen LogP contribution is 2.11. The molecule has 0 atom stereocenters. The van der Waals surface area contributed by atoms with Gasteiger partial charge in [0.15, 0.2) is 0 Å². The van der Waals surface area contributed by atoms with Crippen LogP contribution in [-0.4, -0.2) is 36.2 Å². The van der Waals surface area contributed by atoms with Crippen LogP contribution in [-0.2, 0) is 4.74 Å². The number of ether oxygens (including phenoxy) is 1. The predicted octanol–water partition coefficient (Wildman–Crippen LogP) is 3.15. The van der Waals surface area contributed by atoms with Gasteiger partial charge in [-0.3, -0.25) is 0 Å². The molecule has 1 amide bonds. The summed E-state index contributed by atoms with van der Waals surface area (Å²) in [7, 11) is 0. The summed E-state index contributed by atoms with van der Waals surface area (Å²) < 4.78 is 5.36. The van der Waals surface area contributed by atoms with Gasteiger partial charge in [-0.15, -0.1) is 0 Å². The zero-order valence-electron chi connectivity index (χ0n) is 12.5. The maximum Gasteiger partial charge on any atom is 0.410 e. The molecular weight excluding hydrogens is 228 g/mol. The number of amides is 1. The van der Waals surface area contributed by atoms with E-state index in [4.69, 9.17) is 10.5 Å². The Labute approximate surface area is 112 Å². The second-order valence-electron chi connectivity index (χ2n) is 5.67. The number of nitrogens with two attached hydrogens (primary N) is 1. The third-order valence-electron chi connectivity index (χ3n) is 2.58. The van der Waals surface area contributed by atoms with E-state index in [0.717, 1.165) is 19.4 Å². The zero-order valence-corrected chi connectivity index (χ0v) is 12.5. The molecule has 0 saturated carbocycles. The third-order valence-corrected chi connectivity index (χ3v) is 2.58. The number of rotatable bonds is 8. The number of hydrogen-bond donors (Lipinski definition) is 1. The molecule has 0 bridgehead atoms. The molecule has 0 aromatic rings. The monoisotopic (exact) mass is 258 g/mol. The van der Waals surface area contributed by atoms with Gasteiger partial charge in [-0.2, -0.15) is 0 Å². The molecule has 18 heavy (non-hydrogen) atoms. The molecule has 0 aliphatic heterocycles. The van der Waals surface area contributed by atoms with E-state index >= 15 is 0 Å². The fraction of sp³-hybridized carbons (Fsp3) is 0.929. The molecule has 0 aliphatic rings. The normalized spacial score (nSPS) is 11.4. The molecular formula is C14H30N2O2. The van der Waals surface area contributed by atoms with Crippen LogP contribution in [0.1, 0.15) is 59.8 Å². The van der Waals surface area contributed by atoms with Crippen molar-refractivity contribution >= 4 is 6.09 Å². The number of nitrogens with zero attached hydrogens (tertiary/aromatic N) is 1. The van der Waals surface area contributed by atoms with Crippen LogP contribution in [0.4, 0.5) is 4.79 Å². The molecule has 108 valence electrons. The second-order valence-corrected chi connectivity index (χ2v) is 5.67. The lowest BCUT2D eigenvalue weighted by Gasteiger charge is -2.27. The first kappa shape index (κ1) is 17.2. The molecule has 0 fully saturated rings. The number of carbonyl (C=O) groups excluding carboxylic acids is 1. The molecule has 0 heterocycles. The number of hydrogen-bond acceptors (Lipinski definition) is 3. The van der Waals surface area contributed by atoms with Gasteiger partial charge in [0.05, 0.1) is 0 Å². The van der Waals surface area contributed by atoms with Crippen LogP contribution < -0.4 is 5.73 Å². The molecule has 0 rings (SSSR count). The van der Waals surface area contributed by atoms with E-state index in [9.17, 15) is 4.79 Å². The Morgan fingerprint density at radius 3 is 2.22 bits per heavy atom. The maximum atomic E-state index is 11.9. The van der Waals surface area contributed by atoms with Crippen molar-refractivity contribution in [1.82, 2.24) is 4.90 Å². The van der Waals surface area contributed by atoms with Crippen LogP contribution in [0.5, 0.6) is 0 Å². The van der Waals surface area contributed by atoms with Crippen molar-refractivity contribution < 1.29 is 9.53 Å². The molecule has 0 spiro atoms. The number of unbranched alkanes of at least 4 members (excludes halogenated alkanes) is 4. The SMILES string of the molecule is CCCCCCCN(CCN)C(=O)OC(C)(C)C. The fourth-order valence-corrected chi connectivity index (χ4v) is 1.68. The number of carbonyl (C=O) groups is 1. The van der Waals surface area contributed by atoms with Gasteiger partial charge in [0.1, 0.15) is 5.60 Å². The lowest BCUT2D eigenvalue weighted by Crippen LogP contribution is -2.40. The average Bonchev–Trinajstić information content (AvgIpc) is 2.25. The van der Waals surface area contributed by atoms with Crippen molar-refractivity contribution in [3.05, 3.63) is 0 Å². The first-order valence-corrected chi connectivity index (χ1v) is 7.08. The lowest BCUT2D eigenvalue weighted by molar-refractivity contribution is 0.0252. The van der Waals surface area contributed by atoms with Crippen molar-refractivity contribution in [3.63, 3.8) is 0 Å². The van der Waals surface area contributed by atoms with E-state index in [1.807, 2.05) is 20.8 Å². The van der Waals surface area contributed by atoms with Gasteiger partial charge < -0.3 is 15.4 Å². The third kappa shape index (κ3) is 9.28. The van der Waals surface area contributed by atoms with E-state index in [1.165, 1.54) is 19.3 Å². The molecule has 0 saturated heterocycles. The van der Waals surface area contributed by atoms with Gasteiger partial charge in [-0.1, -0.05) is 32.6 Å². The van der Waals surface area contributed by atoms with Crippen LogP contribution in [0.25, 0.3) is 0 Å². The summed E-state index contributed by atoms with van der Waals surface area (Å²) in [6, 6.07) is 0. The van der Waals surface area contributed by atoms with Gasteiger partial charge in [0.2, 0.25) is 0 Å². The first-order chi connectivity index (χ1) is 8.40. The van der Waals surface area contributed by atoms with Crippen molar-refractivity contribution in [2.24, 2.45) is 5.73 Å². The second kappa shape index (κ2) is 9.20. The van der Waals surface area contributed by atoms with Gasteiger partial charge >= 0.3 is 6.09 Å². The molecule has 0 aromatic heterocycles. The summed E-state index contributed by atoms with van der Waals surface area (Å²) in [4.78, 5) is 13.6. The minimum absolute atomic E-state index is 0.247. The highest BCUT2D eigenvalue weighted by molar-refractivity contribution is 5.68. The quantitative estimate of drug-likeness (QED) is 0.680. The zero-order chi connectivity index (χ0) is 14.0. The lowest BCUT2D eigenvalue weighted by atomic mass is 10.1. The molecule has 4 nitrogen and oxygen atoms in total. The van der Waals surface area contributed by atoms with Crippen LogP contribution >= 0.6 is 0 Å². The van der Waals surface area contributed by atoms with Crippen LogP contribution in [0.3, 0.4) is 0 Å². The predicted molar refractivity (Wildman–Crippen MR) is 75.6 cm³/mol. The Bertz CT molecular complexity index is 224. The highest BCUT2D eigenvalue weighted by atomic mass is 16.6. The smallest absolute Gasteiger partial charge is 0.410 e. The average molecular weight is 258 g/mol. The highest BCUT2D eigenvalue weighted by Gasteiger charge is 2.21. The Kier molecular flexibility index (Phi) is 8.81. The van der Waals surface area contributed by atoms with Crippen LogP contribution in [0, 0.1) is 0 Å². The van der Waals surface area contributed by atoms with E-state index in [-0.39, 0.29) is 6.09 Å². The Hall–Kier alpha value is -0.770. The van der Waals surface area contributed by atoms with Crippen LogP contribution in [0.2, 0.25) is 0 Å². The van der Waals surface area contributed by atoms with Crippen molar-refractivity contribution in [1.29, 1.82) is 0 Å². The summed E-state index contributed by atoms with van der Waals surface area (Å²) in [5, 5.41) is 0. The van der Waals surface area contributed by atoms with Gasteiger partial charge in [-0.05, 0) is 27.2 Å². The molecule has 0 aliphatic carbocycles. The minimum atomic E-state index is -0.438. The van der Waals surface area contributed by atoms with E-state index < -0.39 is 5.60 Å². The Morgan fingerprint density at radius 2 is 1.72 bits per heavy atom. The molecule has 0 unspecified atom stereocenters. The Morgan fingerprint density at radius 1 is 1.11 bits per heavy atom. The van der Waals surface area contributed by atoms with Crippen molar-refractivity contribution in [3.8, 4) is 0 Å². The van der Waals surface area contributed by atoms with Gasteiger partial charge in [-0.25, -0.2) is 4.79 Å². The van der Waals surface area contributed by atoms with Crippen molar-refractivity contribution in [2.45, 2.75) is 65.4 Å². The first-order valence-electron chi connectivity index (χ1n) is 7.08. The van der Waals surface area contributed by atoms with Gasteiger partial charge in [0, 0.05) is 19.6 Å². The molecule has 0 radical (unpaired) electrons. The summed E-state index contributed by atoms with van der Waals surface area (Å²) in [6.07, 6.45) is 5.68. The summed E-state index contributed by atoms with van der Waals surface area (Å²) in [5.41, 5.74) is 5.10. The van der Waals surface area contributed by atoms with Gasteiger partial charge in [0.25, 0.3) is 0 Å². The summed E-state index contributed by atoms with van der Waals surface area (Å²) >= 11 is 0. The standard InChI is InChI=1S/C14H30N2O2/c1-5-6-7-8-9-11-16(12-10-15)13(17)18-14(2,3)4/h5-12,15H2,1-4H3. The maximum absolute atomic E-state index is 11.9. The van der Waals surface area contributed by atoms with E-state index in [1.54, 1.807) is 4.90 Å². The molecule has 0 aromatic carbocycles. The Balaban J connectivity index is 4.01. The topological polar surface area (TPSA) is 55.6 Å².